The molecule has 0 spiro atoms. The molecule has 1 fully saturated rings. The fraction of sp³-hybridized carbons (Fsp3) is 0.333. The van der Waals surface area contributed by atoms with Crippen LogP contribution in [0, 0.1) is 0 Å². The van der Waals surface area contributed by atoms with Crippen molar-refractivity contribution in [2.24, 2.45) is 0 Å². The van der Waals surface area contributed by atoms with Gasteiger partial charge in [0.1, 0.15) is 4.90 Å². The second kappa shape index (κ2) is 7.96. The maximum atomic E-state index is 12.4. The topological polar surface area (TPSA) is 49.4 Å². The summed E-state index contributed by atoms with van der Waals surface area (Å²) in [6, 6.07) is 12.4. The molecule has 134 valence electrons. The van der Waals surface area contributed by atoms with Crippen molar-refractivity contribution < 1.29 is 8.42 Å². The van der Waals surface area contributed by atoms with Crippen molar-refractivity contribution in [3.63, 3.8) is 0 Å². The third-order valence-corrected chi connectivity index (χ3v) is 6.42. The van der Waals surface area contributed by atoms with E-state index < -0.39 is 10.0 Å². The molecule has 4 nitrogen and oxygen atoms in total. The van der Waals surface area contributed by atoms with Gasteiger partial charge in [-0.3, -0.25) is 0 Å². The molecule has 3 rings (SSSR count). The maximum absolute atomic E-state index is 12.4. The van der Waals surface area contributed by atoms with Crippen LogP contribution in [-0.2, 0) is 16.6 Å². The van der Waals surface area contributed by atoms with Gasteiger partial charge in [-0.05, 0) is 55.2 Å². The second-order valence-electron chi connectivity index (χ2n) is 6.11. The first kappa shape index (κ1) is 18.5. The van der Waals surface area contributed by atoms with E-state index in [2.05, 4.69) is 9.62 Å². The molecule has 7 heteroatoms. The summed E-state index contributed by atoms with van der Waals surface area (Å²) in [6.45, 7) is 2.37. The lowest BCUT2D eigenvalue weighted by atomic mass is 10.1. The number of piperidine rings is 1. The molecular weight excluding hydrogens is 379 g/mol. The number of nitrogens with one attached hydrogen (secondary N) is 1. The minimum atomic E-state index is -3.72. The summed E-state index contributed by atoms with van der Waals surface area (Å²) in [7, 11) is -3.72. The zero-order valence-corrected chi connectivity index (χ0v) is 16.0. The van der Waals surface area contributed by atoms with Gasteiger partial charge in [0.05, 0.1) is 5.02 Å². The molecule has 0 aliphatic carbocycles. The molecule has 0 bridgehead atoms. The average Bonchev–Trinajstić information content (AvgIpc) is 2.63. The molecular formula is C18H20Cl2N2O2S. The molecule has 1 aliphatic rings. The van der Waals surface area contributed by atoms with Crippen molar-refractivity contribution >= 4 is 38.9 Å². The van der Waals surface area contributed by atoms with E-state index in [1.54, 1.807) is 6.07 Å². The Morgan fingerprint density at radius 1 is 0.960 bits per heavy atom. The Morgan fingerprint density at radius 2 is 1.64 bits per heavy atom. The number of hydrogen-bond acceptors (Lipinski definition) is 3. The van der Waals surface area contributed by atoms with Gasteiger partial charge in [0, 0.05) is 30.3 Å². The molecule has 0 amide bonds. The highest BCUT2D eigenvalue weighted by molar-refractivity contribution is 7.89. The number of nitrogens with zero attached hydrogens (tertiary/aromatic N) is 1. The number of benzene rings is 2. The fourth-order valence-electron chi connectivity index (χ4n) is 2.92. The van der Waals surface area contributed by atoms with E-state index in [0.717, 1.165) is 18.7 Å². The summed E-state index contributed by atoms with van der Waals surface area (Å²) in [6.07, 6.45) is 3.74. The highest BCUT2D eigenvalue weighted by Crippen LogP contribution is 2.25. The van der Waals surface area contributed by atoms with Gasteiger partial charge in [0.15, 0.2) is 0 Å². The van der Waals surface area contributed by atoms with Gasteiger partial charge in [0.25, 0.3) is 0 Å². The van der Waals surface area contributed by atoms with Crippen LogP contribution in [0.5, 0.6) is 0 Å². The molecule has 1 heterocycles. The maximum Gasteiger partial charge on any atom is 0.242 e. The standard InChI is InChI=1S/C18H20Cl2N2O2S/c19-15-6-9-17(20)18(12-15)25(23,24)21-13-14-4-7-16(8-5-14)22-10-2-1-3-11-22/h4-9,12,21H,1-3,10-11,13H2. The van der Waals surface area contributed by atoms with Crippen molar-refractivity contribution in [3.8, 4) is 0 Å². The van der Waals surface area contributed by atoms with Gasteiger partial charge >= 0.3 is 0 Å². The summed E-state index contributed by atoms with van der Waals surface area (Å²) >= 11 is 11.9. The molecule has 1 saturated heterocycles. The fourth-order valence-corrected chi connectivity index (χ4v) is 4.69. The number of halogens is 2. The molecule has 0 aromatic heterocycles. The predicted octanol–water partition coefficient (Wildman–Crippen LogP) is 4.46. The molecule has 0 radical (unpaired) electrons. The van der Waals surface area contributed by atoms with Gasteiger partial charge in [-0.25, -0.2) is 13.1 Å². The number of rotatable bonds is 5. The Kier molecular flexibility index (Phi) is 5.89. The van der Waals surface area contributed by atoms with Gasteiger partial charge in [-0.15, -0.1) is 0 Å². The van der Waals surface area contributed by atoms with Crippen LogP contribution in [-0.4, -0.2) is 21.5 Å². The lowest BCUT2D eigenvalue weighted by Gasteiger charge is -2.28. The van der Waals surface area contributed by atoms with Crippen molar-refractivity contribution in [3.05, 3.63) is 58.1 Å². The van der Waals surface area contributed by atoms with E-state index in [1.165, 1.54) is 37.1 Å². The Labute approximate surface area is 158 Å². The Morgan fingerprint density at radius 3 is 2.32 bits per heavy atom. The minimum Gasteiger partial charge on any atom is -0.372 e. The van der Waals surface area contributed by atoms with E-state index >= 15 is 0 Å². The molecule has 1 aliphatic heterocycles. The van der Waals surface area contributed by atoms with Gasteiger partial charge in [-0.2, -0.15) is 0 Å². The third kappa shape index (κ3) is 4.67. The van der Waals surface area contributed by atoms with Crippen LogP contribution >= 0.6 is 23.2 Å². The quantitative estimate of drug-likeness (QED) is 0.808. The molecule has 2 aromatic rings. The SMILES string of the molecule is O=S(=O)(NCc1ccc(N2CCCCC2)cc1)c1cc(Cl)ccc1Cl. The number of anilines is 1. The largest absolute Gasteiger partial charge is 0.372 e. The summed E-state index contributed by atoms with van der Waals surface area (Å²) < 4.78 is 27.4. The first-order valence-corrected chi connectivity index (χ1v) is 10.5. The van der Waals surface area contributed by atoms with Crippen LogP contribution in [0.4, 0.5) is 5.69 Å². The molecule has 2 aromatic carbocycles. The first-order chi connectivity index (χ1) is 12.0. The average molecular weight is 399 g/mol. The summed E-state index contributed by atoms with van der Waals surface area (Å²) in [4.78, 5) is 2.36. The van der Waals surface area contributed by atoms with Crippen LogP contribution in [0.1, 0.15) is 24.8 Å². The van der Waals surface area contributed by atoms with Crippen LogP contribution in [0.25, 0.3) is 0 Å². The lowest BCUT2D eigenvalue weighted by Crippen LogP contribution is -2.29. The molecule has 1 N–H and O–H groups in total. The van der Waals surface area contributed by atoms with Crippen molar-refractivity contribution in [2.75, 3.05) is 18.0 Å². The predicted molar refractivity (Wildman–Crippen MR) is 103 cm³/mol. The summed E-state index contributed by atoms with van der Waals surface area (Å²) in [5.41, 5.74) is 2.08. The smallest absolute Gasteiger partial charge is 0.242 e. The van der Waals surface area contributed by atoms with Crippen molar-refractivity contribution in [2.45, 2.75) is 30.7 Å². The number of hydrogen-bond donors (Lipinski definition) is 1. The van der Waals surface area contributed by atoms with Gasteiger partial charge < -0.3 is 4.90 Å². The van der Waals surface area contributed by atoms with Crippen LogP contribution in [0.2, 0.25) is 10.0 Å². The monoisotopic (exact) mass is 398 g/mol. The lowest BCUT2D eigenvalue weighted by molar-refractivity contribution is 0.577. The van der Waals surface area contributed by atoms with Crippen molar-refractivity contribution in [1.29, 1.82) is 0 Å². The molecule has 0 atom stereocenters. The van der Waals surface area contributed by atoms with E-state index in [0.29, 0.717) is 5.02 Å². The van der Waals surface area contributed by atoms with E-state index in [-0.39, 0.29) is 16.5 Å². The Hall–Kier alpha value is -1.27. The second-order valence-corrected chi connectivity index (χ2v) is 8.69. The molecule has 0 unspecified atom stereocenters. The summed E-state index contributed by atoms with van der Waals surface area (Å²) in [5.74, 6) is 0. The van der Waals surface area contributed by atoms with Gasteiger partial charge in [0.2, 0.25) is 10.0 Å². The van der Waals surface area contributed by atoms with E-state index in [9.17, 15) is 8.42 Å². The van der Waals surface area contributed by atoms with Crippen LogP contribution in [0.3, 0.4) is 0 Å². The molecule has 0 saturated carbocycles. The van der Waals surface area contributed by atoms with Crippen molar-refractivity contribution in [1.82, 2.24) is 4.72 Å². The van der Waals surface area contributed by atoms with Gasteiger partial charge in [-0.1, -0.05) is 35.3 Å². The minimum absolute atomic E-state index is 0.00777. The Bertz CT molecular complexity index is 833. The normalized spacial score (nSPS) is 15.4. The zero-order valence-electron chi connectivity index (χ0n) is 13.7. The van der Waals surface area contributed by atoms with Crippen LogP contribution < -0.4 is 9.62 Å². The Balaban J connectivity index is 1.67. The molecule has 25 heavy (non-hydrogen) atoms. The van der Waals surface area contributed by atoms with E-state index in [1.807, 2.05) is 24.3 Å². The summed E-state index contributed by atoms with van der Waals surface area (Å²) in [5, 5.41) is 0.480. The highest BCUT2D eigenvalue weighted by atomic mass is 35.5. The third-order valence-electron chi connectivity index (χ3n) is 4.31. The number of sulfonamides is 1. The van der Waals surface area contributed by atoms with Crippen LogP contribution in [0.15, 0.2) is 47.4 Å². The zero-order chi connectivity index (χ0) is 17.9. The van der Waals surface area contributed by atoms with E-state index in [4.69, 9.17) is 23.2 Å². The first-order valence-electron chi connectivity index (χ1n) is 8.24. The highest BCUT2D eigenvalue weighted by Gasteiger charge is 2.18.